The number of carbonyl (C=O) groups excluding carboxylic acids is 1. The lowest BCUT2D eigenvalue weighted by atomic mass is 9.99. The summed E-state index contributed by atoms with van der Waals surface area (Å²) in [6.45, 7) is 0.909. The van der Waals surface area contributed by atoms with Crippen molar-refractivity contribution in [2.45, 2.75) is 25.8 Å². The quantitative estimate of drug-likeness (QED) is 0.717. The topological polar surface area (TPSA) is 81.5 Å². The Morgan fingerprint density at radius 2 is 2.12 bits per heavy atom. The fourth-order valence-corrected chi connectivity index (χ4v) is 3.67. The predicted octanol–water partition coefficient (Wildman–Crippen LogP) is 3.20. The number of oxazole rings is 1. The van der Waals surface area contributed by atoms with E-state index < -0.39 is 5.76 Å². The van der Waals surface area contributed by atoms with Gasteiger partial charge >= 0.3 is 5.76 Å². The van der Waals surface area contributed by atoms with Crippen LogP contribution < -0.4 is 16.4 Å². The van der Waals surface area contributed by atoms with Gasteiger partial charge < -0.3 is 15.1 Å². The second kappa shape index (κ2) is 6.53. The number of rotatable bonds is 3. The fourth-order valence-electron chi connectivity index (χ4n) is 3.51. The number of nitrogen functional groups attached to an aromatic ring is 1. The van der Waals surface area contributed by atoms with Crippen LogP contribution in [0.5, 0.6) is 0 Å². The number of fused-ring (bicyclic) bond motifs is 2. The van der Waals surface area contributed by atoms with Gasteiger partial charge in [-0.15, -0.1) is 0 Å². The molecule has 26 heavy (non-hydrogen) atoms. The maximum absolute atomic E-state index is 12.8. The minimum atomic E-state index is -0.488. The zero-order valence-corrected chi connectivity index (χ0v) is 14.8. The molecule has 6 nitrogen and oxygen atoms in total. The highest BCUT2D eigenvalue weighted by atomic mass is 35.5. The number of carbonyl (C=O) groups is 1. The van der Waals surface area contributed by atoms with Gasteiger partial charge in [-0.05, 0) is 42.7 Å². The van der Waals surface area contributed by atoms with E-state index >= 15 is 0 Å². The summed E-state index contributed by atoms with van der Waals surface area (Å²) < 4.78 is 6.68. The van der Waals surface area contributed by atoms with Gasteiger partial charge in [0.2, 0.25) is 5.91 Å². The molecule has 1 aliphatic heterocycles. The molecule has 4 rings (SSSR count). The van der Waals surface area contributed by atoms with E-state index in [9.17, 15) is 9.59 Å². The first-order chi connectivity index (χ1) is 12.5. The largest absolute Gasteiger partial charge is 0.419 e. The minimum Gasteiger partial charge on any atom is -0.408 e. The molecule has 2 aromatic carbocycles. The number of anilines is 2. The summed E-state index contributed by atoms with van der Waals surface area (Å²) in [6.07, 6.45) is 1.95. The molecule has 1 amide bonds. The summed E-state index contributed by atoms with van der Waals surface area (Å²) in [5.41, 5.74) is 9.71. The summed E-state index contributed by atoms with van der Waals surface area (Å²) in [5, 5.41) is 0.497. The number of aromatic nitrogens is 1. The highest BCUT2D eigenvalue weighted by molar-refractivity contribution is 6.31. The zero-order valence-electron chi connectivity index (χ0n) is 14.1. The SMILES string of the molecule is Nc1cccc2c1CCCN2C(=O)CCn1c(=O)oc2cc(Cl)ccc21. The number of halogens is 1. The van der Waals surface area contributed by atoms with Gasteiger partial charge in [0.05, 0.1) is 5.52 Å². The Bertz CT molecular complexity index is 1050. The van der Waals surface area contributed by atoms with Crippen molar-refractivity contribution in [2.75, 3.05) is 17.2 Å². The van der Waals surface area contributed by atoms with Crippen LogP contribution in [0.2, 0.25) is 5.02 Å². The molecule has 134 valence electrons. The van der Waals surface area contributed by atoms with Crippen LogP contribution in [0.25, 0.3) is 11.1 Å². The first-order valence-corrected chi connectivity index (χ1v) is 8.89. The third-order valence-corrected chi connectivity index (χ3v) is 5.00. The molecule has 3 aromatic rings. The number of hydrogen-bond acceptors (Lipinski definition) is 4. The Morgan fingerprint density at radius 1 is 1.27 bits per heavy atom. The number of aryl methyl sites for hydroxylation is 1. The molecule has 2 heterocycles. The van der Waals surface area contributed by atoms with E-state index in [1.54, 1.807) is 23.1 Å². The molecule has 0 saturated heterocycles. The highest BCUT2D eigenvalue weighted by Gasteiger charge is 2.24. The van der Waals surface area contributed by atoms with Gasteiger partial charge in [-0.25, -0.2) is 4.79 Å². The molecular weight excluding hydrogens is 354 g/mol. The Balaban J connectivity index is 1.57. The predicted molar refractivity (Wildman–Crippen MR) is 102 cm³/mol. The van der Waals surface area contributed by atoms with Crippen molar-refractivity contribution in [2.24, 2.45) is 0 Å². The molecule has 0 fully saturated rings. The van der Waals surface area contributed by atoms with Crippen LogP contribution in [0, 0.1) is 0 Å². The van der Waals surface area contributed by atoms with Crippen LogP contribution in [-0.2, 0) is 17.8 Å². The van der Waals surface area contributed by atoms with E-state index in [-0.39, 0.29) is 18.9 Å². The summed E-state index contributed by atoms with van der Waals surface area (Å²) in [7, 11) is 0. The Kier molecular flexibility index (Phi) is 4.20. The van der Waals surface area contributed by atoms with Crippen molar-refractivity contribution in [1.82, 2.24) is 4.57 Å². The number of nitrogens with zero attached hydrogens (tertiary/aromatic N) is 2. The van der Waals surface area contributed by atoms with E-state index in [4.69, 9.17) is 21.8 Å². The third kappa shape index (κ3) is 2.86. The normalized spacial score (nSPS) is 13.8. The Hall–Kier alpha value is -2.73. The van der Waals surface area contributed by atoms with Crippen LogP contribution in [0.4, 0.5) is 11.4 Å². The molecule has 0 aliphatic carbocycles. The van der Waals surface area contributed by atoms with Gasteiger partial charge in [-0.2, -0.15) is 0 Å². The minimum absolute atomic E-state index is 0.0354. The van der Waals surface area contributed by atoms with Crippen molar-refractivity contribution in [3.05, 3.63) is 57.5 Å². The monoisotopic (exact) mass is 371 g/mol. The van der Waals surface area contributed by atoms with Crippen molar-refractivity contribution >= 4 is 40.0 Å². The van der Waals surface area contributed by atoms with Crippen molar-refractivity contribution in [1.29, 1.82) is 0 Å². The molecule has 0 spiro atoms. The lowest BCUT2D eigenvalue weighted by Gasteiger charge is -2.30. The molecular formula is C19H18ClN3O3. The second-order valence-electron chi connectivity index (χ2n) is 6.38. The van der Waals surface area contributed by atoms with Gasteiger partial charge in [-0.3, -0.25) is 9.36 Å². The zero-order chi connectivity index (χ0) is 18.3. The average molecular weight is 372 g/mol. The number of hydrogen-bond donors (Lipinski definition) is 1. The van der Waals surface area contributed by atoms with Crippen molar-refractivity contribution < 1.29 is 9.21 Å². The second-order valence-corrected chi connectivity index (χ2v) is 6.81. The van der Waals surface area contributed by atoms with Gasteiger partial charge in [0.25, 0.3) is 0 Å². The van der Waals surface area contributed by atoms with Gasteiger partial charge in [-0.1, -0.05) is 17.7 Å². The van der Waals surface area contributed by atoms with Gasteiger partial charge in [0.1, 0.15) is 0 Å². The molecule has 2 N–H and O–H groups in total. The van der Waals surface area contributed by atoms with Gasteiger partial charge in [0, 0.05) is 42.0 Å². The summed E-state index contributed by atoms with van der Waals surface area (Å²) in [4.78, 5) is 26.6. The van der Waals surface area contributed by atoms with E-state index in [2.05, 4.69) is 0 Å². The lowest BCUT2D eigenvalue weighted by Crippen LogP contribution is -2.36. The van der Waals surface area contributed by atoms with E-state index in [1.165, 1.54) is 4.57 Å². The molecule has 0 unspecified atom stereocenters. The third-order valence-electron chi connectivity index (χ3n) is 4.77. The smallest absolute Gasteiger partial charge is 0.408 e. The van der Waals surface area contributed by atoms with Gasteiger partial charge in [0.15, 0.2) is 5.58 Å². The first kappa shape index (κ1) is 16.7. The molecule has 0 radical (unpaired) electrons. The van der Waals surface area contributed by atoms with Crippen LogP contribution in [0.15, 0.2) is 45.6 Å². The lowest BCUT2D eigenvalue weighted by molar-refractivity contribution is -0.118. The summed E-state index contributed by atoms with van der Waals surface area (Å²) in [5.74, 6) is -0.523. The Labute approximate surface area is 154 Å². The first-order valence-electron chi connectivity index (χ1n) is 8.51. The number of amides is 1. The van der Waals surface area contributed by atoms with Crippen molar-refractivity contribution in [3.63, 3.8) is 0 Å². The molecule has 1 aromatic heterocycles. The highest BCUT2D eigenvalue weighted by Crippen LogP contribution is 2.31. The molecule has 1 aliphatic rings. The maximum atomic E-state index is 12.8. The molecule has 7 heteroatoms. The standard InChI is InChI=1S/C19H18ClN3O3/c20-12-6-7-16-17(11-12)26-19(25)23(16)10-8-18(24)22-9-2-3-13-14(21)4-1-5-15(13)22/h1,4-7,11H,2-3,8-10,21H2. The molecule has 0 saturated carbocycles. The van der Waals surface area contributed by atoms with Crippen LogP contribution in [0.3, 0.4) is 0 Å². The van der Waals surface area contributed by atoms with Crippen molar-refractivity contribution in [3.8, 4) is 0 Å². The van der Waals surface area contributed by atoms with Crippen LogP contribution in [-0.4, -0.2) is 17.0 Å². The summed E-state index contributed by atoms with van der Waals surface area (Å²) in [6, 6.07) is 10.7. The fraction of sp³-hybridized carbons (Fsp3) is 0.263. The van der Waals surface area contributed by atoms with E-state index in [0.717, 1.165) is 24.1 Å². The average Bonchev–Trinajstić information content (AvgIpc) is 2.93. The number of benzene rings is 2. The van der Waals surface area contributed by atoms with E-state index in [0.29, 0.717) is 28.4 Å². The molecule has 0 bridgehead atoms. The Morgan fingerprint density at radius 3 is 2.96 bits per heavy atom. The number of nitrogens with two attached hydrogens (primary N) is 1. The van der Waals surface area contributed by atoms with Crippen LogP contribution in [0.1, 0.15) is 18.4 Å². The van der Waals surface area contributed by atoms with Crippen LogP contribution >= 0.6 is 11.6 Å². The summed E-state index contributed by atoms with van der Waals surface area (Å²) >= 11 is 5.93. The molecule has 0 atom stereocenters. The van der Waals surface area contributed by atoms with E-state index in [1.807, 2.05) is 18.2 Å². The maximum Gasteiger partial charge on any atom is 0.419 e.